The SMILES string of the molecule is C=CCn1c(=O)c2cnc(Nc3nc4c(cc3C(C)(C)C)CN(C(=O)OCC)CC4)nc2n1-c1cccc(C(C)(C)O)n1. The van der Waals surface area contributed by atoms with Gasteiger partial charge in [0.1, 0.15) is 16.8 Å². The second-order valence-electron chi connectivity index (χ2n) is 12.1. The molecule has 0 saturated carbocycles. The lowest BCUT2D eigenvalue weighted by Gasteiger charge is -2.30. The number of carbonyl (C=O) groups is 1. The van der Waals surface area contributed by atoms with Gasteiger partial charge >= 0.3 is 6.09 Å². The monoisotopic (exact) mass is 586 g/mol. The molecule has 12 heteroatoms. The van der Waals surface area contributed by atoms with Crippen molar-refractivity contribution in [3.05, 3.63) is 76.0 Å². The molecule has 0 unspecified atom stereocenters. The van der Waals surface area contributed by atoms with Gasteiger partial charge in [-0.1, -0.05) is 32.9 Å². The van der Waals surface area contributed by atoms with E-state index in [2.05, 4.69) is 48.7 Å². The standard InChI is InChI=1S/C31H38N8O4/c1-8-14-38-27(40)20-17-32-28(36-26(20)39(38)24-12-10-11-23(34-24)31(6,7)42)35-25-21(30(3,4)5)16-19-18-37(29(41)43-9-2)15-13-22(19)33-25/h8,10-12,16-17,42H,1,9,13-15,18H2,2-7H3,(H,32,33,35,36). The number of amides is 1. The van der Waals surface area contributed by atoms with Crippen LogP contribution in [0.25, 0.3) is 16.9 Å². The highest BCUT2D eigenvalue weighted by Crippen LogP contribution is 2.33. The van der Waals surface area contributed by atoms with Crippen molar-refractivity contribution >= 4 is 28.9 Å². The number of rotatable bonds is 7. The van der Waals surface area contributed by atoms with E-state index >= 15 is 0 Å². The summed E-state index contributed by atoms with van der Waals surface area (Å²) >= 11 is 0. The van der Waals surface area contributed by atoms with Crippen LogP contribution < -0.4 is 10.9 Å². The van der Waals surface area contributed by atoms with E-state index in [4.69, 9.17) is 14.7 Å². The largest absolute Gasteiger partial charge is 0.450 e. The van der Waals surface area contributed by atoms with Gasteiger partial charge in [0.05, 0.1) is 25.4 Å². The molecule has 0 atom stereocenters. The number of ether oxygens (including phenoxy) is 1. The molecule has 226 valence electrons. The number of hydrogen-bond donors (Lipinski definition) is 2. The molecule has 4 aromatic heterocycles. The molecule has 5 heterocycles. The molecule has 1 aliphatic heterocycles. The summed E-state index contributed by atoms with van der Waals surface area (Å²) in [5, 5.41) is 14.2. The number of hydrogen-bond acceptors (Lipinski definition) is 9. The number of nitrogens with one attached hydrogen (secondary N) is 1. The lowest BCUT2D eigenvalue weighted by atomic mass is 9.85. The Morgan fingerprint density at radius 1 is 1.19 bits per heavy atom. The fourth-order valence-corrected chi connectivity index (χ4v) is 5.11. The lowest BCUT2D eigenvalue weighted by molar-refractivity contribution is 0.0737. The third-order valence-corrected chi connectivity index (χ3v) is 7.29. The first-order valence-electron chi connectivity index (χ1n) is 14.3. The summed E-state index contributed by atoms with van der Waals surface area (Å²) in [6.45, 7) is 16.7. The number of nitrogens with zero attached hydrogens (tertiary/aromatic N) is 7. The van der Waals surface area contributed by atoms with Crippen LogP contribution in [-0.2, 0) is 35.3 Å². The van der Waals surface area contributed by atoms with Gasteiger partial charge in [-0.15, -0.1) is 6.58 Å². The number of carbonyl (C=O) groups excluding carboxylic acids is 1. The molecule has 0 bridgehead atoms. The van der Waals surface area contributed by atoms with E-state index in [1.54, 1.807) is 54.6 Å². The molecule has 4 aromatic rings. The summed E-state index contributed by atoms with van der Waals surface area (Å²) < 4.78 is 8.32. The van der Waals surface area contributed by atoms with Crippen LogP contribution in [0.4, 0.5) is 16.6 Å². The number of aromatic nitrogens is 6. The topological polar surface area (TPSA) is 140 Å². The molecular formula is C31H38N8O4. The van der Waals surface area contributed by atoms with Gasteiger partial charge in [-0.2, -0.15) is 4.98 Å². The van der Waals surface area contributed by atoms with Crippen molar-refractivity contribution in [2.24, 2.45) is 0 Å². The quantitative estimate of drug-likeness (QED) is 0.303. The van der Waals surface area contributed by atoms with E-state index in [1.165, 1.54) is 10.9 Å². The van der Waals surface area contributed by atoms with Crippen molar-refractivity contribution in [2.45, 2.75) is 72.1 Å². The Labute approximate surface area is 250 Å². The summed E-state index contributed by atoms with van der Waals surface area (Å²) in [6, 6.07) is 7.34. The van der Waals surface area contributed by atoms with E-state index in [1.807, 2.05) is 0 Å². The van der Waals surface area contributed by atoms with E-state index in [0.717, 1.165) is 16.8 Å². The van der Waals surface area contributed by atoms with Gasteiger partial charge in [0.15, 0.2) is 11.5 Å². The first-order valence-corrected chi connectivity index (χ1v) is 14.3. The fourth-order valence-electron chi connectivity index (χ4n) is 5.11. The zero-order valence-corrected chi connectivity index (χ0v) is 25.5. The highest BCUT2D eigenvalue weighted by atomic mass is 16.6. The molecule has 0 spiro atoms. The van der Waals surface area contributed by atoms with Crippen LogP contribution in [0, 0.1) is 0 Å². The summed E-state index contributed by atoms with van der Waals surface area (Å²) in [5.41, 5.74) is 1.83. The summed E-state index contributed by atoms with van der Waals surface area (Å²) in [6.07, 6.45) is 3.38. The van der Waals surface area contributed by atoms with E-state index in [9.17, 15) is 14.7 Å². The average molecular weight is 587 g/mol. The van der Waals surface area contributed by atoms with Gasteiger partial charge in [-0.05, 0) is 49.9 Å². The van der Waals surface area contributed by atoms with Crippen molar-refractivity contribution in [2.75, 3.05) is 18.5 Å². The molecule has 12 nitrogen and oxygen atoms in total. The second-order valence-corrected chi connectivity index (χ2v) is 12.1. The normalized spacial score (nSPS) is 13.6. The molecule has 43 heavy (non-hydrogen) atoms. The van der Waals surface area contributed by atoms with Crippen molar-refractivity contribution in [3.8, 4) is 5.82 Å². The van der Waals surface area contributed by atoms with Crippen LogP contribution in [0.3, 0.4) is 0 Å². The maximum atomic E-state index is 13.4. The van der Waals surface area contributed by atoms with Gasteiger partial charge in [0, 0.05) is 30.4 Å². The minimum atomic E-state index is -1.18. The summed E-state index contributed by atoms with van der Waals surface area (Å²) in [4.78, 5) is 46.3. The van der Waals surface area contributed by atoms with Crippen LogP contribution in [0.2, 0.25) is 0 Å². The smallest absolute Gasteiger partial charge is 0.410 e. The number of pyridine rings is 2. The Kier molecular flexibility index (Phi) is 7.82. The number of fused-ring (bicyclic) bond motifs is 2. The lowest BCUT2D eigenvalue weighted by Crippen LogP contribution is -2.37. The van der Waals surface area contributed by atoms with Crippen LogP contribution in [0.1, 0.15) is 64.1 Å². The molecule has 0 aromatic carbocycles. The van der Waals surface area contributed by atoms with Gasteiger partial charge in [0.2, 0.25) is 5.95 Å². The van der Waals surface area contributed by atoms with Crippen LogP contribution in [0.15, 0.2) is 47.9 Å². The molecule has 0 aliphatic carbocycles. The zero-order chi connectivity index (χ0) is 31.1. The molecule has 2 N–H and O–H groups in total. The maximum absolute atomic E-state index is 13.4. The first-order chi connectivity index (χ1) is 20.3. The minimum Gasteiger partial charge on any atom is -0.450 e. The van der Waals surface area contributed by atoms with Crippen LogP contribution >= 0.6 is 0 Å². The third-order valence-electron chi connectivity index (χ3n) is 7.29. The van der Waals surface area contributed by atoms with Crippen molar-refractivity contribution in [1.29, 1.82) is 0 Å². The van der Waals surface area contributed by atoms with E-state index in [0.29, 0.717) is 54.5 Å². The van der Waals surface area contributed by atoms with Crippen LogP contribution in [-0.4, -0.2) is 58.6 Å². The first kappa shape index (κ1) is 29.9. The molecule has 0 fully saturated rings. The molecular weight excluding hydrogens is 548 g/mol. The fraction of sp³-hybridized carbons (Fsp3) is 0.419. The highest BCUT2D eigenvalue weighted by molar-refractivity contribution is 5.77. The summed E-state index contributed by atoms with van der Waals surface area (Å²) in [7, 11) is 0. The third kappa shape index (κ3) is 5.87. The average Bonchev–Trinajstić information content (AvgIpc) is 3.22. The van der Waals surface area contributed by atoms with Gasteiger partial charge in [-0.3, -0.25) is 4.79 Å². The molecule has 0 saturated heterocycles. The summed E-state index contributed by atoms with van der Waals surface area (Å²) in [5.74, 6) is 1.29. The zero-order valence-electron chi connectivity index (χ0n) is 25.5. The van der Waals surface area contributed by atoms with Gasteiger partial charge in [-0.25, -0.2) is 29.1 Å². The van der Waals surface area contributed by atoms with E-state index < -0.39 is 5.60 Å². The van der Waals surface area contributed by atoms with Gasteiger partial charge < -0.3 is 20.1 Å². The molecule has 1 aliphatic rings. The maximum Gasteiger partial charge on any atom is 0.410 e. The van der Waals surface area contributed by atoms with Gasteiger partial charge in [0.25, 0.3) is 5.56 Å². The molecule has 5 rings (SSSR count). The number of anilines is 2. The second kappa shape index (κ2) is 11.3. The van der Waals surface area contributed by atoms with Crippen molar-refractivity contribution in [1.82, 2.24) is 34.2 Å². The Morgan fingerprint density at radius 2 is 1.95 bits per heavy atom. The number of aliphatic hydroxyl groups is 1. The molecule has 1 amide bonds. The minimum absolute atomic E-state index is 0.218. The van der Waals surface area contributed by atoms with Crippen molar-refractivity contribution in [3.63, 3.8) is 0 Å². The predicted molar refractivity (Wildman–Crippen MR) is 164 cm³/mol. The Hall–Kier alpha value is -4.58. The Morgan fingerprint density at radius 3 is 2.63 bits per heavy atom. The molecule has 0 radical (unpaired) electrons. The van der Waals surface area contributed by atoms with E-state index in [-0.39, 0.29) is 29.6 Å². The predicted octanol–water partition coefficient (Wildman–Crippen LogP) is 4.34. The Bertz CT molecular complexity index is 1760. The highest BCUT2D eigenvalue weighted by Gasteiger charge is 2.28. The van der Waals surface area contributed by atoms with Crippen molar-refractivity contribution < 1.29 is 14.6 Å². The number of allylic oxidation sites excluding steroid dienone is 1. The Balaban J connectivity index is 1.60. The van der Waals surface area contributed by atoms with Crippen LogP contribution in [0.5, 0.6) is 0 Å².